The minimum atomic E-state index is 0. The van der Waals surface area contributed by atoms with E-state index in [1.54, 1.807) is 7.11 Å². The van der Waals surface area contributed by atoms with Gasteiger partial charge < -0.3 is 10.1 Å². The molecule has 1 aromatic rings. The summed E-state index contributed by atoms with van der Waals surface area (Å²) in [5.74, 6) is 0.935. The Morgan fingerprint density at radius 3 is 2.47 bits per heavy atom. The monoisotopic (exact) mass is 227 g/mol. The number of nitrogens with one attached hydrogen (secondary N) is 1. The number of methoxy groups -OCH3 is 1. The van der Waals surface area contributed by atoms with Crippen LogP contribution in [-0.2, 0) is 0 Å². The van der Waals surface area contributed by atoms with Gasteiger partial charge in [-0.2, -0.15) is 0 Å². The van der Waals surface area contributed by atoms with Gasteiger partial charge >= 0.3 is 0 Å². The molecular formula is C12H18ClNO. The number of halogens is 1. The molecule has 84 valence electrons. The number of hydrogen-bond acceptors (Lipinski definition) is 2. The highest BCUT2D eigenvalue weighted by atomic mass is 35.5. The topological polar surface area (TPSA) is 21.3 Å². The molecule has 2 rings (SSSR count). The van der Waals surface area contributed by atoms with E-state index < -0.39 is 0 Å². The van der Waals surface area contributed by atoms with Gasteiger partial charge in [0.25, 0.3) is 0 Å². The lowest BCUT2D eigenvalue weighted by Gasteiger charge is -2.23. The van der Waals surface area contributed by atoms with Crippen molar-refractivity contribution >= 4 is 12.4 Å². The minimum Gasteiger partial charge on any atom is -0.497 e. The fourth-order valence-corrected chi connectivity index (χ4v) is 1.97. The van der Waals surface area contributed by atoms with Crippen LogP contribution in [0.25, 0.3) is 0 Å². The molecular weight excluding hydrogens is 210 g/mol. The standard InChI is InChI=1S/C12H17NO.ClH/c1-14-11-7-5-10(6-8-11)12-4-2-3-9-13-12;/h5-8,12-13H,2-4,9H2,1H3;1H/t12-;/m1./s1. The summed E-state index contributed by atoms with van der Waals surface area (Å²) in [6.07, 6.45) is 3.91. The van der Waals surface area contributed by atoms with Crippen molar-refractivity contribution in [3.8, 4) is 5.75 Å². The first-order valence-corrected chi connectivity index (χ1v) is 5.27. The van der Waals surface area contributed by atoms with Crippen LogP contribution in [0.2, 0.25) is 0 Å². The van der Waals surface area contributed by atoms with Gasteiger partial charge in [-0.15, -0.1) is 12.4 Å². The second kappa shape index (κ2) is 5.99. The van der Waals surface area contributed by atoms with Crippen molar-refractivity contribution in [1.82, 2.24) is 5.32 Å². The average Bonchev–Trinajstić information content (AvgIpc) is 2.30. The van der Waals surface area contributed by atoms with E-state index in [2.05, 4.69) is 17.4 Å². The predicted molar refractivity (Wildman–Crippen MR) is 64.8 cm³/mol. The van der Waals surface area contributed by atoms with Crippen LogP contribution in [0.4, 0.5) is 0 Å². The molecule has 1 aliphatic heterocycles. The summed E-state index contributed by atoms with van der Waals surface area (Å²) in [6, 6.07) is 8.93. The van der Waals surface area contributed by atoms with Crippen LogP contribution in [0.15, 0.2) is 24.3 Å². The van der Waals surface area contributed by atoms with E-state index >= 15 is 0 Å². The van der Waals surface area contributed by atoms with Crippen LogP contribution in [-0.4, -0.2) is 13.7 Å². The van der Waals surface area contributed by atoms with E-state index in [1.807, 2.05) is 12.1 Å². The van der Waals surface area contributed by atoms with E-state index in [-0.39, 0.29) is 12.4 Å². The normalized spacial score (nSPS) is 20.5. The summed E-state index contributed by atoms with van der Waals surface area (Å²) in [4.78, 5) is 0. The molecule has 1 fully saturated rings. The first-order chi connectivity index (χ1) is 6.90. The van der Waals surface area contributed by atoms with Crippen LogP contribution in [0.1, 0.15) is 30.9 Å². The van der Waals surface area contributed by atoms with Gasteiger partial charge in [0.15, 0.2) is 0 Å². The zero-order valence-electron chi connectivity index (χ0n) is 9.03. The summed E-state index contributed by atoms with van der Waals surface area (Å²) >= 11 is 0. The summed E-state index contributed by atoms with van der Waals surface area (Å²) in [5, 5.41) is 3.53. The first-order valence-electron chi connectivity index (χ1n) is 5.27. The van der Waals surface area contributed by atoms with E-state index in [0.29, 0.717) is 6.04 Å². The third-order valence-electron chi connectivity index (χ3n) is 2.83. The molecule has 1 heterocycles. The SMILES string of the molecule is COc1ccc([C@H]2CCCCN2)cc1.Cl. The maximum Gasteiger partial charge on any atom is 0.118 e. The lowest BCUT2D eigenvalue weighted by Crippen LogP contribution is -2.26. The number of rotatable bonds is 2. The van der Waals surface area contributed by atoms with Gasteiger partial charge in [0, 0.05) is 6.04 Å². The smallest absolute Gasteiger partial charge is 0.118 e. The van der Waals surface area contributed by atoms with Gasteiger partial charge in [0.2, 0.25) is 0 Å². The van der Waals surface area contributed by atoms with Crippen LogP contribution in [0.5, 0.6) is 5.75 Å². The van der Waals surface area contributed by atoms with Crippen molar-refractivity contribution < 1.29 is 4.74 Å². The molecule has 2 nitrogen and oxygen atoms in total. The molecule has 15 heavy (non-hydrogen) atoms. The fourth-order valence-electron chi connectivity index (χ4n) is 1.97. The van der Waals surface area contributed by atoms with Crippen LogP contribution >= 0.6 is 12.4 Å². The van der Waals surface area contributed by atoms with Crippen molar-refractivity contribution in [3.05, 3.63) is 29.8 Å². The van der Waals surface area contributed by atoms with E-state index in [0.717, 1.165) is 12.3 Å². The fraction of sp³-hybridized carbons (Fsp3) is 0.500. The summed E-state index contributed by atoms with van der Waals surface area (Å²) < 4.78 is 5.14. The first kappa shape index (κ1) is 12.3. The number of benzene rings is 1. The maximum absolute atomic E-state index is 5.14. The Morgan fingerprint density at radius 1 is 1.20 bits per heavy atom. The maximum atomic E-state index is 5.14. The molecule has 0 aliphatic carbocycles. The highest BCUT2D eigenvalue weighted by molar-refractivity contribution is 5.85. The van der Waals surface area contributed by atoms with Crippen LogP contribution in [0.3, 0.4) is 0 Å². The molecule has 3 heteroatoms. The molecule has 0 amide bonds. The van der Waals surface area contributed by atoms with E-state index in [1.165, 1.54) is 24.8 Å². The predicted octanol–water partition coefficient (Wildman–Crippen LogP) is 2.93. The third-order valence-corrected chi connectivity index (χ3v) is 2.83. The highest BCUT2D eigenvalue weighted by Gasteiger charge is 2.13. The Labute approximate surface area is 97.4 Å². The molecule has 0 bridgehead atoms. The van der Waals surface area contributed by atoms with Crippen molar-refractivity contribution in [2.75, 3.05) is 13.7 Å². The molecule has 0 spiro atoms. The van der Waals surface area contributed by atoms with E-state index in [4.69, 9.17) is 4.74 Å². The Balaban J connectivity index is 0.00000112. The van der Waals surface area contributed by atoms with Gasteiger partial charge in [-0.05, 0) is 37.1 Å². The number of hydrogen-bond donors (Lipinski definition) is 1. The Hall–Kier alpha value is -0.730. The molecule has 0 saturated carbocycles. The third kappa shape index (κ3) is 3.11. The molecule has 1 saturated heterocycles. The Morgan fingerprint density at radius 2 is 1.93 bits per heavy atom. The summed E-state index contributed by atoms with van der Waals surface area (Å²) in [7, 11) is 1.70. The zero-order chi connectivity index (χ0) is 9.80. The molecule has 0 radical (unpaired) electrons. The van der Waals surface area contributed by atoms with Gasteiger partial charge in [-0.1, -0.05) is 18.6 Å². The molecule has 1 aromatic carbocycles. The van der Waals surface area contributed by atoms with Gasteiger partial charge in [0.1, 0.15) is 5.75 Å². The molecule has 1 aliphatic rings. The summed E-state index contributed by atoms with van der Waals surface area (Å²) in [5.41, 5.74) is 1.38. The van der Waals surface area contributed by atoms with Crippen molar-refractivity contribution in [3.63, 3.8) is 0 Å². The van der Waals surface area contributed by atoms with Crippen LogP contribution < -0.4 is 10.1 Å². The molecule has 1 atom stereocenters. The van der Waals surface area contributed by atoms with Gasteiger partial charge in [0.05, 0.1) is 7.11 Å². The lowest BCUT2D eigenvalue weighted by molar-refractivity contribution is 0.406. The van der Waals surface area contributed by atoms with Crippen molar-refractivity contribution in [1.29, 1.82) is 0 Å². The van der Waals surface area contributed by atoms with Crippen LogP contribution in [0, 0.1) is 0 Å². The van der Waals surface area contributed by atoms with Gasteiger partial charge in [-0.25, -0.2) is 0 Å². The highest BCUT2D eigenvalue weighted by Crippen LogP contribution is 2.24. The number of ether oxygens (including phenoxy) is 1. The lowest BCUT2D eigenvalue weighted by atomic mass is 9.98. The molecule has 0 aromatic heterocycles. The van der Waals surface area contributed by atoms with Gasteiger partial charge in [-0.3, -0.25) is 0 Å². The van der Waals surface area contributed by atoms with Crippen molar-refractivity contribution in [2.45, 2.75) is 25.3 Å². The molecule has 1 N–H and O–H groups in total. The quantitative estimate of drug-likeness (QED) is 0.839. The Bertz CT molecular complexity index is 280. The second-order valence-electron chi connectivity index (χ2n) is 3.78. The molecule has 0 unspecified atom stereocenters. The second-order valence-corrected chi connectivity index (χ2v) is 3.78. The van der Waals surface area contributed by atoms with Crippen molar-refractivity contribution in [2.24, 2.45) is 0 Å². The zero-order valence-corrected chi connectivity index (χ0v) is 9.85. The average molecular weight is 228 g/mol. The number of piperidine rings is 1. The van der Waals surface area contributed by atoms with E-state index in [9.17, 15) is 0 Å². The largest absolute Gasteiger partial charge is 0.497 e. The Kier molecular flexibility index (Phi) is 4.92. The summed E-state index contributed by atoms with van der Waals surface area (Å²) in [6.45, 7) is 1.15. The minimum absolute atomic E-state index is 0.